The molecule has 1 N–H and O–H groups in total. The van der Waals surface area contributed by atoms with Gasteiger partial charge in [0, 0.05) is 0 Å². The maximum atomic E-state index is 12.1. The van der Waals surface area contributed by atoms with Crippen LogP contribution in [0.4, 0.5) is 0 Å². The van der Waals surface area contributed by atoms with Crippen molar-refractivity contribution in [2.75, 3.05) is 19.0 Å². The lowest BCUT2D eigenvalue weighted by molar-refractivity contribution is -0.119. The monoisotopic (exact) mass is 351 g/mol. The lowest BCUT2D eigenvalue weighted by Gasteiger charge is -2.21. The van der Waals surface area contributed by atoms with Crippen LogP contribution in [0.15, 0.2) is 22.5 Å². The summed E-state index contributed by atoms with van der Waals surface area (Å²) < 4.78 is 11.9. The van der Waals surface area contributed by atoms with Crippen LogP contribution in [0, 0.1) is 6.92 Å². The highest BCUT2D eigenvalue weighted by Crippen LogP contribution is 2.32. The quantitative estimate of drug-likeness (QED) is 0.835. The maximum absolute atomic E-state index is 12.1. The molecule has 1 aromatic carbocycles. The zero-order valence-corrected chi connectivity index (χ0v) is 14.5. The molecular formula is C15H17N3O3S2. The van der Waals surface area contributed by atoms with Crippen molar-refractivity contribution in [3.8, 4) is 11.5 Å². The SMILES string of the molecule is Cc1nnc(SCC(=O)N[C@H](C)c2ccc3c(c2)OCCO3)s1. The van der Waals surface area contributed by atoms with Gasteiger partial charge < -0.3 is 14.8 Å². The number of hydrogen-bond donors (Lipinski definition) is 1. The number of benzene rings is 1. The summed E-state index contributed by atoms with van der Waals surface area (Å²) in [6, 6.07) is 5.64. The molecule has 3 rings (SSSR count). The minimum Gasteiger partial charge on any atom is -0.486 e. The number of carbonyl (C=O) groups is 1. The molecular weight excluding hydrogens is 334 g/mol. The fraction of sp³-hybridized carbons (Fsp3) is 0.400. The minimum atomic E-state index is -0.102. The number of amides is 1. The lowest BCUT2D eigenvalue weighted by atomic mass is 10.1. The van der Waals surface area contributed by atoms with Gasteiger partial charge in [-0.2, -0.15) is 0 Å². The summed E-state index contributed by atoms with van der Waals surface area (Å²) in [6.45, 7) is 4.96. The average Bonchev–Trinajstić information content (AvgIpc) is 2.98. The van der Waals surface area contributed by atoms with Crippen LogP contribution in [0.2, 0.25) is 0 Å². The second-order valence-electron chi connectivity index (χ2n) is 5.07. The number of rotatable bonds is 5. The van der Waals surface area contributed by atoms with Crippen molar-refractivity contribution >= 4 is 29.0 Å². The molecule has 1 aliphatic rings. The van der Waals surface area contributed by atoms with E-state index in [1.165, 1.54) is 23.1 Å². The van der Waals surface area contributed by atoms with Crippen molar-refractivity contribution in [2.24, 2.45) is 0 Å². The molecule has 6 nitrogen and oxygen atoms in total. The molecule has 0 bridgehead atoms. The molecule has 0 unspecified atom stereocenters. The Kier molecular flexibility index (Phi) is 5.02. The summed E-state index contributed by atoms with van der Waals surface area (Å²) in [5.41, 5.74) is 0.986. The molecule has 0 spiro atoms. The van der Waals surface area contributed by atoms with Crippen LogP contribution in [0.25, 0.3) is 0 Å². The first-order valence-electron chi connectivity index (χ1n) is 7.23. The van der Waals surface area contributed by atoms with Gasteiger partial charge in [-0.15, -0.1) is 10.2 Å². The van der Waals surface area contributed by atoms with Crippen LogP contribution in [0.1, 0.15) is 23.5 Å². The van der Waals surface area contributed by atoms with Crippen molar-refractivity contribution in [3.05, 3.63) is 28.8 Å². The fourth-order valence-electron chi connectivity index (χ4n) is 2.16. The minimum absolute atomic E-state index is 0.0368. The fourth-order valence-corrected chi connectivity index (χ4v) is 3.79. The Morgan fingerprint density at radius 3 is 2.87 bits per heavy atom. The molecule has 8 heteroatoms. The molecule has 122 valence electrons. The Labute approximate surface area is 142 Å². The van der Waals surface area contributed by atoms with Gasteiger partial charge in [-0.3, -0.25) is 4.79 Å². The Morgan fingerprint density at radius 1 is 1.35 bits per heavy atom. The summed E-state index contributed by atoms with van der Waals surface area (Å²) in [7, 11) is 0. The molecule has 0 saturated heterocycles. The van der Waals surface area contributed by atoms with E-state index in [4.69, 9.17) is 9.47 Å². The smallest absolute Gasteiger partial charge is 0.230 e. The second kappa shape index (κ2) is 7.18. The van der Waals surface area contributed by atoms with Crippen LogP contribution in [-0.4, -0.2) is 35.1 Å². The van der Waals surface area contributed by atoms with Gasteiger partial charge in [0.2, 0.25) is 5.91 Å². The van der Waals surface area contributed by atoms with E-state index in [2.05, 4.69) is 15.5 Å². The van der Waals surface area contributed by atoms with Gasteiger partial charge in [0.1, 0.15) is 18.2 Å². The van der Waals surface area contributed by atoms with Crippen molar-refractivity contribution < 1.29 is 14.3 Å². The van der Waals surface area contributed by atoms with E-state index < -0.39 is 0 Å². The average molecular weight is 351 g/mol. The molecule has 2 heterocycles. The van der Waals surface area contributed by atoms with Crippen molar-refractivity contribution in [2.45, 2.75) is 24.2 Å². The van der Waals surface area contributed by atoms with Gasteiger partial charge in [0.05, 0.1) is 11.8 Å². The van der Waals surface area contributed by atoms with Gasteiger partial charge in [-0.05, 0) is 31.5 Å². The van der Waals surface area contributed by atoms with Crippen LogP contribution in [-0.2, 0) is 4.79 Å². The largest absolute Gasteiger partial charge is 0.486 e. The molecule has 23 heavy (non-hydrogen) atoms. The van der Waals surface area contributed by atoms with Gasteiger partial charge in [-0.25, -0.2) is 0 Å². The van der Waals surface area contributed by atoms with Gasteiger partial charge in [0.15, 0.2) is 15.8 Å². The number of hydrogen-bond acceptors (Lipinski definition) is 7. The van der Waals surface area contributed by atoms with E-state index in [1.807, 2.05) is 32.0 Å². The van der Waals surface area contributed by atoms with Gasteiger partial charge in [0.25, 0.3) is 0 Å². The summed E-state index contributed by atoms with van der Waals surface area (Å²) in [5, 5.41) is 11.8. The zero-order valence-electron chi connectivity index (χ0n) is 12.9. The first kappa shape index (κ1) is 16.1. The number of nitrogens with zero attached hydrogens (tertiary/aromatic N) is 2. The van der Waals surface area contributed by atoms with Crippen molar-refractivity contribution in [1.82, 2.24) is 15.5 Å². The third-order valence-corrected chi connectivity index (χ3v) is 5.25. The number of aromatic nitrogens is 2. The predicted octanol–water partition coefficient (Wildman–Crippen LogP) is 2.59. The molecule has 0 radical (unpaired) electrons. The molecule has 0 saturated carbocycles. The molecule has 2 aromatic rings. The molecule has 1 aromatic heterocycles. The van der Waals surface area contributed by atoms with E-state index in [1.54, 1.807) is 0 Å². The number of aryl methyl sites for hydroxylation is 1. The number of fused-ring (bicyclic) bond motifs is 1. The molecule has 0 aliphatic carbocycles. The Bertz CT molecular complexity index is 705. The van der Waals surface area contributed by atoms with Crippen LogP contribution < -0.4 is 14.8 Å². The Balaban J connectivity index is 1.55. The molecule has 0 fully saturated rings. The van der Waals surface area contributed by atoms with E-state index in [9.17, 15) is 4.79 Å². The molecule has 1 aliphatic heterocycles. The number of thioether (sulfide) groups is 1. The first-order valence-corrected chi connectivity index (χ1v) is 9.04. The van der Waals surface area contributed by atoms with Gasteiger partial charge in [-0.1, -0.05) is 29.2 Å². The summed E-state index contributed by atoms with van der Waals surface area (Å²) in [4.78, 5) is 12.1. The molecule has 1 atom stereocenters. The van der Waals surface area contributed by atoms with Crippen LogP contribution in [0.3, 0.4) is 0 Å². The third-order valence-electron chi connectivity index (χ3n) is 3.28. The summed E-state index contributed by atoms with van der Waals surface area (Å²) in [5.74, 6) is 1.77. The van der Waals surface area contributed by atoms with E-state index >= 15 is 0 Å². The standard InChI is InChI=1S/C15H17N3O3S2/c1-9(11-3-4-12-13(7-11)21-6-5-20-12)16-14(19)8-22-15-18-17-10(2)23-15/h3-4,7,9H,5-6,8H2,1-2H3,(H,16,19)/t9-/m1/s1. The highest BCUT2D eigenvalue weighted by molar-refractivity contribution is 8.01. The summed E-state index contributed by atoms with van der Waals surface area (Å²) in [6.07, 6.45) is 0. The van der Waals surface area contributed by atoms with Crippen molar-refractivity contribution in [3.63, 3.8) is 0 Å². The number of ether oxygens (including phenoxy) is 2. The van der Waals surface area contributed by atoms with Crippen molar-refractivity contribution in [1.29, 1.82) is 0 Å². The highest BCUT2D eigenvalue weighted by Gasteiger charge is 2.16. The highest BCUT2D eigenvalue weighted by atomic mass is 32.2. The Morgan fingerprint density at radius 2 is 2.13 bits per heavy atom. The molecule has 1 amide bonds. The summed E-state index contributed by atoms with van der Waals surface area (Å²) >= 11 is 2.89. The number of carbonyl (C=O) groups excluding carboxylic acids is 1. The normalized spacial score (nSPS) is 14.3. The third kappa shape index (κ3) is 4.14. The predicted molar refractivity (Wildman–Crippen MR) is 89.4 cm³/mol. The van der Waals surface area contributed by atoms with E-state index in [0.29, 0.717) is 19.0 Å². The van der Waals surface area contributed by atoms with Crippen LogP contribution >= 0.6 is 23.1 Å². The number of nitrogens with one attached hydrogen (secondary N) is 1. The van der Waals surface area contributed by atoms with E-state index in [0.717, 1.165) is 26.4 Å². The Hall–Kier alpha value is -1.80. The maximum Gasteiger partial charge on any atom is 0.230 e. The second-order valence-corrected chi connectivity index (χ2v) is 7.47. The first-order chi connectivity index (χ1) is 11.1. The lowest BCUT2D eigenvalue weighted by Crippen LogP contribution is -2.28. The van der Waals surface area contributed by atoms with Gasteiger partial charge >= 0.3 is 0 Å². The topological polar surface area (TPSA) is 73.3 Å². The van der Waals surface area contributed by atoms with E-state index in [-0.39, 0.29) is 11.9 Å². The zero-order chi connectivity index (χ0) is 16.2. The van der Waals surface area contributed by atoms with Crippen LogP contribution in [0.5, 0.6) is 11.5 Å².